The number of hydrogen-bond acceptors (Lipinski definition) is 6. The second kappa shape index (κ2) is 7.47. The molecule has 25 heavy (non-hydrogen) atoms. The number of halogens is 1. The topological polar surface area (TPSA) is 74.8 Å². The highest BCUT2D eigenvalue weighted by molar-refractivity contribution is 7.09. The molecule has 1 N–H and O–H groups in total. The summed E-state index contributed by atoms with van der Waals surface area (Å²) in [6.45, 7) is 2.88. The molecule has 138 valence electrons. The number of piperidine rings is 1. The van der Waals surface area contributed by atoms with Gasteiger partial charge in [0.1, 0.15) is 17.2 Å². The lowest BCUT2D eigenvalue weighted by Crippen LogP contribution is -2.46. The molecule has 3 fully saturated rings. The molecule has 1 spiro atoms. The molecule has 4 rings (SSSR count). The maximum Gasteiger partial charge on any atom is 0.410 e. The minimum Gasteiger partial charge on any atom is -0.441 e. The van der Waals surface area contributed by atoms with Crippen molar-refractivity contribution in [1.29, 1.82) is 0 Å². The van der Waals surface area contributed by atoms with Crippen molar-refractivity contribution in [3.8, 4) is 0 Å². The molecule has 2 aliphatic heterocycles. The van der Waals surface area contributed by atoms with Crippen LogP contribution in [0.15, 0.2) is 11.6 Å². The molecule has 0 unspecified atom stereocenters. The average Bonchev–Trinajstić information content (AvgIpc) is 3.19. The van der Waals surface area contributed by atoms with Crippen LogP contribution in [0.4, 0.5) is 4.79 Å². The van der Waals surface area contributed by atoms with Crippen molar-refractivity contribution in [3.05, 3.63) is 16.6 Å². The van der Waals surface area contributed by atoms with E-state index in [4.69, 9.17) is 4.74 Å². The summed E-state index contributed by atoms with van der Waals surface area (Å²) in [4.78, 5) is 32.7. The van der Waals surface area contributed by atoms with E-state index in [1.165, 1.54) is 0 Å². The Morgan fingerprint density at radius 1 is 1.44 bits per heavy atom. The summed E-state index contributed by atoms with van der Waals surface area (Å²) in [7, 11) is 0. The van der Waals surface area contributed by atoms with Gasteiger partial charge in [0.15, 0.2) is 0 Å². The number of hydrogen-bond donors (Lipinski definition) is 1. The number of thiazole rings is 1. The van der Waals surface area contributed by atoms with Gasteiger partial charge in [-0.2, -0.15) is 0 Å². The third kappa shape index (κ3) is 4.07. The number of rotatable bonds is 5. The molecular formula is C16H23ClN4O3S. The zero-order chi connectivity index (χ0) is 16.6. The molecule has 2 amide bonds. The molecular weight excluding hydrogens is 364 g/mol. The molecule has 2 saturated heterocycles. The zero-order valence-corrected chi connectivity index (χ0v) is 15.6. The van der Waals surface area contributed by atoms with Crippen LogP contribution >= 0.6 is 23.7 Å². The molecule has 0 atom stereocenters. The lowest BCUT2D eigenvalue weighted by molar-refractivity contribution is -0.133. The van der Waals surface area contributed by atoms with Gasteiger partial charge in [0.25, 0.3) is 0 Å². The Hall–Kier alpha value is -1.38. The van der Waals surface area contributed by atoms with Crippen LogP contribution in [0.25, 0.3) is 0 Å². The highest BCUT2D eigenvalue weighted by Crippen LogP contribution is 2.32. The first-order valence-corrected chi connectivity index (χ1v) is 9.40. The quantitative estimate of drug-likeness (QED) is 0.832. The summed E-state index contributed by atoms with van der Waals surface area (Å²) < 4.78 is 5.63. The fraction of sp³-hybridized carbons (Fsp3) is 0.688. The molecule has 1 aliphatic carbocycles. The van der Waals surface area contributed by atoms with E-state index in [1.54, 1.807) is 22.4 Å². The molecule has 1 aromatic heterocycles. The fourth-order valence-electron chi connectivity index (χ4n) is 3.50. The minimum atomic E-state index is -0.400. The lowest BCUT2D eigenvalue weighted by atomic mass is 9.92. The van der Waals surface area contributed by atoms with E-state index in [2.05, 4.69) is 10.3 Å². The van der Waals surface area contributed by atoms with E-state index < -0.39 is 5.60 Å². The molecule has 9 heteroatoms. The van der Waals surface area contributed by atoms with Gasteiger partial charge in [-0.1, -0.05) is 0 Å². The number of nitrogens with one attached hydrogen (secondary N) is 1. The smallest absolute Gasteiger partial charge is 0.410 e. The normalized spacial score (nSPS) is 21.8. The molecule has 3 heterocycles. The van der Waals surface area contributed by atoms with Crippen LogP contribution in [0, 0.1) is 0 Å². The summed E-state index contributed by atoms with van der Waals surface area (Å²) in [6.07, 6.45) is 5.11. The molecule has 1 aromatic rings. The van der Waals surface area contributed by atoms with Crippen molar-refractivity contribution in [2.24, 2.45) is 0 Å². The van der Waals surface area contributed by atoms with E-state index in [0.29, 0.717) is 19.1 Å². The first kappa shape index (κ1) is 18.4. The Morgan fingerprint density at radius 3 is 2.84 bits per heavy atom. The van der Waals surface area contributed by atoms with E-state index in [9.17, 15) is 9.59 Å². The number of aromatic nitrogens is 1. The van der Waals surface area contributed by atoms with Crippen molar-refractivity contribution in [1.82, 2.24) is 20.1 Å². The highest BCUT2D eigenvalue weighted by atomic mass is 35.5. The summed E-state index contributed by atoms with van der Waals surface area (Å²) in [5.41, 5.74) is -0.400. The van der Waals surface area contributed by atoms with Crippen molar-refractivity contribution >= 4 is 35.7 Å². The van der Waals surface area contributed by atoms with Gasteiger partial charge in [-0.15, -0.1) is 23.7 Å². The third-order valence-corrected chi connectivity index (χ3v) is 5.74. The van der Waals surface area contributed by atoms with Crippen LogP contribution in [-0.2, 0) is 16.1 Å². The van der Waals surface area contributed by atoms with Gasteiger partial charge in [-0.3, -0.25) is 9.69 Å². The maximum absolute atomic E-state index is 12.8. The van der Waals surface area contributed by atoms with Gasteiger partial charge < -0.3 is 15.0 Å². The van der Waals surface area contributed by atoms with Crippen LogP contribution in [0.5, 0.6) is 0 Å². The summed E-state index contributed by atoms with van der Waals surface area (Å²) in [5.74, 6) is -0.00404. The van der Waals surface area contributed by atoms with Gasteiger partial charge in [0, 0.05) is 30.5 Å². The Kier molecular flexibility index (Phi) is 5.50. The van der Waals surface area contributed by atoms with Crippen molar-refractivity contribution < 1.29 is 14.3 Å². The number of carbonyl (C=O) groups is 2. The number of amides is 2. The van der Waals surface area contributed by atoms with Gasteiger partial charge in [-0.05, 0) is 25.9 Å². The summed E-state index contributed by atoms with van der Waals surface area (Å²) in [5, 5.41) is 6.14. The van der Waals surface area contributed by atoms with Crippen LogP contribution in [0.3, 0.4) is 0 Å². The Labute approximate surface area is 157 Å². The highest BCUT2D eigenvalue weighted by Gasteiger charge is 2.46. The standard InChI is InChI=1S/C16H22N4O3S.ClH/c21-14(20(12-1-2-12)9-13-18-7-8-24-13)10-19-11-16(23-15(19)22)3-5-17-6-4-16;/h7-8,12,17H,1-6,9-11H2;1H. The summed E-state index contributed by atoms with van der Waals surface area (Å²) in [6, 6.07) is 0.299. The monoisotopic (exact) mass is 386 g/mol. The first-order valence-electron chi connectivity index (χ1n) is 8.52. The van der Waals surface area contributed by atoms with E-state index in [0.717, 1.165) is 43.8 Å². The SMILES string of the molecule is Cl.O=C1OC2(CCNCC2)CN1CC(=O)N(Cc1nccs1)C1CC1. The van der Waals surface area contributed by atoms with Crippen molar-refractivity contribution in [2.45, 2.75) is 43.9 Å². The molecule has 7 nitrogen and oxygen atoms in total. The van der Waals surface area contributed by atoms with Crippen molar-refractivity contribution in [2.75, 3.05) is 26.2 Å². The summed E-state index contributed by atoms with van der Waals surface area (Å²) >= 11 is 1.56. The average molecular weight is 387 g/mol. The van der Waals surface area contributed by atoms with E-state index in [1.807, 2.05) is 10.3 Å². The predicted octanol–water partition coefficient (Wildman–Crippen LogP) is 1.63. The van der Waals surface area contributed by atoms with Gasteiger partial charge in [0.2, 0.25) is 5.91 Å². The second-order valence-corrected chi connectivity index (χ2v) is 7.81. The number of nitrogens with zero attached hydrogens (tertiary/aromatic N) is 3. The Bertz CT molecular complexity index is 617. The molecule has 1 saturated carbocycles. The predicted molar refractivity (Wildman–Crippen MR) is 95.8 cm³/mol. The molecule has 0 aromatic carbocycles. The second-order valence-electron chi connectivity index (χ2n) is 6.84. The van der Waals surface area contributed by atoms with Crippen LogP contribution in [0.1, 0.15) is 30.7 Å². The molecule has 0 bridgehead atoms. The largest absolute Gasteiger partial charge is 0.441 e. The van der Waals surface area contributed by atoms with Crippen LogP contribution in [-0.4, -0.2) is 64.6 Å². The zero-order valence-electron chi connectivity index (χ0n) is 14.0. The van der Waals surface area contributed by atoms with Crippen molar-refractivity contribution in [3.63, 3.8) is 0 Å². The van der Waals surface area contributed by atoms with Gasteiger partial charge >= 0.3 is 6.09 Å². The Balaban J connectivity index is 0.00000182. The maximum atomic E-state index is 12.8. The molecule has 3 aliphatic rings. The first-order chi connectivity index (χ1) is 11.7. The third-order valence-electron chi connectivity index (χ3n) is 4.98. The van der Waals surface area contributed by atoms with Crippen LogP contribution in [0.2, 0.25) is 0 Å². The number of ether oxygens (including phenoxy) is 1. The van der Waals surface area contributed by atoms with E-state index in [-0.39, 0.29) is 31.0 Å². The van der Waals surface area contributed by atoms with E-state index >= 15 is 0 Å². The number of carbonyl (C=O) groups excluding carboxylic acids is 2. The lowest BCUT2D eigenvalue weighted by Gasteiger charge is -2.31. The fourth-order valence-corrected chi connectivity index (χ4v) is 4.11. The van der Waals surface area contributed by atoms with Gasteiger partial charge in [0.05, 0.1) is 13.1 Å². The minimum absolute atomic E-state index is 0. The Morgan fingerprint density at radius 2 is 2.20 bits per heavy atom. The molecule has 0 radical (unpaired) electrons. The van der Waals surface area contributed by atoms with Crippen LogP contribution < -0.4 is 5.32 Å². The van der Waals surface area contributed by atoms with Gasteiger partial charge in [-0.25, -0.2) is 9.78 Å².